The minimum absolute atomic E-state index is 0.439. The topological polar surface area (TPSA) is 9.23 Å². The molecule has 0 aliphatic heterocycles. The van der Waals surface area contributed by atoms with Gasteiger partial charge < -0.3 is 0 Å². The van der Waals surface area contributed by atoms with E-state index in [0.717, 1.165) is 6.61 Å². The van der Waals surface area contributed by atoms with E-state index in [2.05, 4.69) is 28.1 Å². The number of hydrogen-bond acceptors (Lipinski definition) is 1. The Morgan fingerprint density at radius 2 is 2.00 bits per heavy atom. The third-order valence-electron chi connectivity index (χ3n) is 1.51. The van der Waals surface area contributed by atoms with Gasteiger partial charge in [0.15, 0.2) is 0 Å². The molecule has 0 radical (unpaired) electrons. The molecule has 60 valence electrons. The van der Waals surface area contributed by atoms with E-state index in [1.807, 2.05) is 18.2 Å². The molecule has 1 atom stereocenters. The summed E-state index contributed by atoms with van der Waals surface area (Å²) in [4.78, 5) is 0.439. The molecule has 0 aromatic heterocycles. The SMILES string of the molecule is COCC([SeH])c1ccccc1. The maximum absolute atomic E-state index is 5.04. The summed E-state index contributed by atoms with van der Waals surface area (Å²) in [6.07, 6.45) is 0. The van der Waals surface area contributed by atoms with Crippen molar-refractivity contribution in [3.63, 3.8) is 0 Å². The van der Waals surface area contributed by atoms with Crippen LogP contribution in [-0.2, 0) is 4.74 Å². The molecule has 0 heterocycles. The third kappa shape index (κ3) is 2.66. The van der Waals surface area contributed by atoms with Crippen molar-refractivity contribution in [1.82, 2.24) is 0 Å². The molecule has 1 unspecified atom stereocenters. The summed E-state index contributed by atoms with van der Waals surface area (Å²) in [7, 11) is 1.73. The first-order valence-corrected chi connectivity index (χ1v) is 4.65. The van der Waals surface area contributed by atoms with Crippen LogP contribution in [0.15, 0.2) is 30.3 Å². The Bertz CT molecular complexity index is 198. The van der Waals surface area contributed by atoms with Crippen molar-refractivity contribution in [2.45, 2.75) is 4.82 Å². The van der Waals surface area contributed by atoms with Gasteiger partial charge in [0.25, 0.3) is 0 Å². The van der Waals surface area contributed by atoms with E-state index in [0.29, 0.717) is 4.82 Å². The molecule has 0 bridgehead atoms. The van der Waals surface area contributed by atoms with Crippen LogP contribution in [0.5, 0.6) is 0 Å². The Labute approximate surface area is 75.6 Å². The molecule has 2 heteroatoms. The maximum atomic E-state index is 5.04. The molecule has 0 spiro atoms. The molecule has 0 amide bonds. The Kier molecular flexibility index (Phi) is 3.64. The van der Waals surface area contributed by atoms with Gasteiger partial charge in [0, 0.05) is 0 Å². The van der Waals surface area contributed by atoms with Crippen LogP contribution in [0.25, 0.3) is 0 Å². The van der Waals surface area contributed by atoms with Crippen LogP contribution in [0, 0.1) is 0 Å². The number of benzene rings is 1. The van der Waals surface area contributed by atoms with Crippen molar-refractivity contribution in [3.8, 4) is 0 Å². The molecule has 0 fully saturated rings. The normalized spacial score (nSPS) is 12.9. The quantitative estimate of drug-likeness (QED) is 0.690. The Morgan fingerprint density at radius 1 is 1.36 bits per heavy atom. The first kappa shape index (κ1) is 8.79. The van der Waals surface area contributed by atoms with Crippen molar-refractivity contribution in [3.05, 3.63) is 35.9 Å². The zero-order valence-corrected chi connectivity index (χ0v) is 8.40. The number of rotatable bonds is 3. The molecule has 1 nitrogen and oxygen atoms in total. The van der Waals surface area contributed by atoms with Crippen molar-refractivity contribution in [2.24, 2.45) is 0 Å². The van der Waals surface area contributed by atoms with Crippen LogP contribution >= 0.6 is 0 Å². The van der Waals surface area contributed by atoms with E-state index in [-0.39, 0.29) is 0 Å². The number of hydrogen-bond donors (Lipinski definition) is 0. The van der Waals surface area contributed by atoms with Crippen LogP contribution in [0.1, 0.15) is 10.4 Å². The van der Waals surface area contributed by atoms with Gasteiger partial charge >= 0.3 is 75.2 Å². The third-order valence-corrected chi connectivity index (χ3v) is 2.45. The second-order valence-electron chi connectivity index (χ2n) is 2.38. The average molecular weight is 215 g/mol. The summed E-state index contributed by atoms with van der Waals surface area (Å²) in [5.41, 5.74) is 1.31. The molecule has 1 rings (SSSR count). The van der Waals surface area contributed by atoms with Crippen molar-refractivity contribution in [1.29, 1.82) is 0 Å². The summed E-state index contributed by atoms with van der Waals surface area (Å²) in [6.45, 7) is 0.768. The minimum atomic E-state index is 0.439. The molecule has 11 heavy (non-hydrogen) atoms. The fourth-order valence-electron chi connectivity index (χ4n) is 0.929. The van der Waals surface area contributed by atoms with Gasteiger partial charge in [-0.05, 0) is 0 Å². The molecule has 0 aliphatic carbocycles. The molecule has 0 aliphatic rings. The average Bonchev–Trinajstić information content (AvgIpc) is 2.07. The zero-order chi connectivity index (χ0) is 8.10. The van der Waals surface area contributed by atoms with E-state index in [1.165, 1.54) is 5.56 Å². The molecule has 0 saturated carbocycles. The first-order valence-electron chi connectivity index (χ1n) is 3.56. The zero-order valence-electron chi connectivity index (χ0n) is 6.53. The second kappa shape index (κ2) is 4.55. The van der Waals surface area contributed by atoms with E-state index < -0.39 is 0 Å². The van der Waals surface area contributed by atoms with Crippen LogP contribution < -0.4 is 0 Å². The fourth-order valence-corrected chi connectivity index (χ4v) is 1.60. The van der Waals surface area contributed by atoms with E-state index in [4.69, 9.17) is 4.74 Å². The molecule has 0 N–H and O–H groups in total. The van der Waals surface area contributed by atoms with Crippen molar-refractivity contribution in [2.75, 3.05) is 13.7 Å². The van der Waals surface area contributed by atoms with Gasteiger partial charge in [-0.1, -0.05) is 0 Å². The number of methoxy groups -OCH3 is 1. The van der Waals surface area contributed by atoms with Crippen LogP contribution in [-0.4, -0.2) is 29.7 Å². The molecule has 1 aromatic rings. The van der Waals surface area contributed by atoms with Gasteiger partial charge in [-0.3, -0.25) is 0 Å². The van der Waals surface area contributed by atoms with Gasteiger partial charge in [-0.25, -0.2) is 0 Å². The Hall–Kier alpha value is -0.301. The van der Waals surface area contributed by atoms with Gasteiger partial charge in [0.05, 0.1) is 0 Å². The first-order chi connectivity index (χ1) is 5.34. The van der Waals surface area contributed by atoms with E-state index >= 15 is 0 Å². The van der Waals surface area contributed by atoms with Gasteiger partial charge in [-0.2, -0.15) is 0 Å². The monoisotopic (exact) mass is 216 g/mol. The molecule has 1 aromatic carbocycles. The number of ether oxygens (including phenoxy) is 1. The summed E-state index contributed by atoms with van der Waals surface area (Å²) < 4.78 is 5.04. The second-order valence-corrected chi connectivity index (χ2v) is 3.69. The van der Waals surface area contributed by atoms with Gasteiger partial charge in [-0.15, -0.1) is 0 Å². The fraction of sp³-hybridized carbons (Fsp3) is 0.333. The summed E-state index contributed by atoms with van der Waals surface area (Å²) in [5, 5.41) is 0. The molecule has 0 saturated heterocycles. The van der Waals surface area contributed by atoms with E-state index in [1.54, 1.807) is 7.11 Å². The summed E-state index contributed by atoms with van der Waals surface area (Å²) in [5.74, 6) is 0. The van der Waals surface area contributed by atoms with Crippen LogP contribution in [0.4, 0.5) is 0 Å². The van der Waals surface area contributed by atoms with E-state index in [9.17, 15) is 0 Å². The van der Waals surface area contributed by atoms with Crippen LogP contribution in [0.2, 0.25) is 0 Å². The Morgan fingerprint density at radius 3 is 2.55 bits per heavy atom. The van der Waals surface area contributed by atoms with Crippen LogP contribution in [0.3, 0.4) is 0 Å². The van der Waals surface area contributed by atoms with Gasteiger partial charge in [0.2, 0.25) is 0 Å². The predicted octanol–water partition coefficient (Wildman–Crippen LogP) is 1.27. The summed E-state index contributed by atoms with van der Waals surface area (Å²) >= 11 is 2.62. The van der Waals surface area contributed by atoms with Crippen molar-refractivity contribution >= 4 is 16.0 Å². The molecular formula is C9H12OSe. The Balaban J connectivity index is 2.61. The molecular weight excluding hydrogens is 203 g/mol. The van der Waals surface area contributed by atoms with Crippen molar-refractivity contribution < 1.29 is 4.74 Å². The van der Waals surface area contributed by atoms with Gasteiger partial charge in [0.1, 0.15) is 0 Å². The standard InChI is InChI=1S/C9H12OSe/c1-10-7-9(11)8-5-3-2-4-6-8/h2-6,9,11H,7H2,1H3. The summed E-state index contributed by atoms with van der Waals surface area (Å²) in [6, 6.07) is 10.3. The predicted molar refractivity (Wildman–Crippen MR) is 48.2 cm³/mol.